The highest BCUT2D eigenvalue weighted by Gasteiger charge is 2.51. The van der Waals surface area contributed by atoms with Crippen molar-refractivity contribution in [1.29, 1.82) is 0 Å². The molecule has 0 aliphatic carbocycles. The Morgan fingerprint density at radius 2 is 1.83 bits per heavy atom. The maximum Gasteiger partial charge on any atom is 0.494 e. The Balaban J connectivity index is 1.40. The number of benzene rings is 1. The van der Waals surface area contributed by atoms with Crippen LogP contribution in [-0.4, -0.2) is 78.3 Å². The molecule has 36 heavy (non-hydrogen) atoms. The average molecular weight is 500 g/mol. The van der Waals surface area contributed by atoms with Crippen LogP contribution in [0.5, 0.6) is 0 Å². The molecular weight excluding hydrogens is 463 g/mol. The van der Waals surface area contributed by atoms with E-state index in [-0.39, 0.29) is 18.1 Å². The van der Waals surface area contributed by atoms with Crippen molar-refractivity contribution in [2.45, 2.75) is 83.0 Å². The monoisotopic (exact) mass is 500 g/mol. The minimum Gasteiger partial charge on any atom is -0.453 e. The molecule has 0 radical (unpaired) electrons. The van der Waals surface area contributed by atoms with Crippen LogP contribution in [0, 0.1) is 0 Å². The van der Waals surface area contributed by atoms with E-state index in [1.54, 1.807) is 4.90 Å². The van der Waals surface area contributed by atoms with Crippen molar-refractivity contribution in [1.82, 2.24) is 20.9 Å². The quantitative estimate of drug-likeness (QED) is 0.426. The van der Waals surface area contributed by atoms with E-state index in [1.165, 1.54) is 14.0 Å². The van der Waals surface area contributed by atoms with Gasteiger partial charge in [-0.05, 0) is 58.5 Å². The Labute approximate surface area is 212 Å². The van der Waals surface area contributed by atoms with Gasteiger partial charge in [0, 0.05) is 12.7 Å². The topological polar surface area (TPSA) is 121 Å². The van der Waals surface area contributed by atoms with Crippen molar-refractivity contribution in [3.8, 4) is 0 Å². The number of rotatable bonds is 6. The number of ether oxygens (including phenoxy) is 1. The van der Waals surface area contributed by atoms with Crippen LogP contribution in [0.2, 0.25) is 0 Å². The summed E-state index contributed by atoms with van der Waals surface area (Å²) in [6, 6.07) is 6.83. The minimum atomic E-state index is -1.07. The molecule has 1 aromatic rings. The van der Waals surface area contributed by atoms with Gasteiger partial charge in [-0.1, -0.05) is 24.3 Å². The number of hydrogen-bond acceptors (Lipinski definition) is 8. The van der Waals surface area contributed by atoms with Crippen molar-refractivity contribution in [3.05, 3.63) is 36.0 Å². The van der Waals surface area contributed by atoms with Crippen molar-refractivity contribution in [2.24, 2.45) is 0 Å². The van der Waals surface area contributed by atoms with Gasteiger partial charge >= 0.3 is 13.2 Å². The second kappa shape index (κ2) is 9.95. The molecule has 0 saturated carbocycles. The number of alkyl carbamates (subject to hydrolysis) is 1. The van der Waals surface area contributed by atoms with Gasteiger partial charge in [-0.3, -0.25) is 4.79 Å². The van der Waals surface area contributed by atoms with E-state index in [9.17, 15) is 14.7 Å². The summed E-state index contributed by atoms with van der Waals surface area (Å²) in [6.45, 7) is 10.2. The molecule has 0 bridgehead atoms. The number of carbonyl (C=O) groups is 2. The summed E-state index contributed by atoms with van der Waals surface area (Å²) in [7, 11) is 0.804. The Morgan fingerprint density at radius 1 is 1.19 bits per heavy atom. The lowest BCUT2D eigenvalue weighted by atomic mass is 9.79. The predicted octanol–water partition coefficient (Wildman–Crippen LogP) is 0.900. The van der Waals surface area contributed by atoms with Crippen LogP contribution in [0.3, 0.4) is 0 Å². The Morgan fingerprint density at radius 3 is 2.42 bits per heavy atom. The first kappa shape index (κ1) is 26.3. The molecule has 2 amide bonds. The van der Waals surface area contributed by atoms with Gasteiger partial charge in [0.25, 0.3) is 0 Å². The van der Waals surface area contributed by atoms with Gasteiger partial charge < -0.3 is 40.0 Å². The molecule has 11 heteroatoms. The van der Waals surface area contributed by atoms with Crippen LogP contribution >= 0.6 is 0 Å². The first-order valence-corrected chi connectivity index (χ1v) is 12.5. The molecule has 2 saturated heterocycles. The highest BCUT2D eigenvalue weighted by atomic mass is 16.7. The fourth-order valence-electron chi connectivity index (χ4n) is 4.76. The number of methoxy groups -OCH3 is 1. The van der Waals surface area contributed by atoms with E-state index in [1.807, 2.05) is 58.2 Å². The molecule has 10 nitrogen and oxygen atoms in total. The number of likely N-dealkylation sites (tertiary alicyclic amines) is 1. The molecule has 4 rings (SSSR count). The third-order valence-corrected chi connectivity index (χ3v) is 7.64. The summed E-state index contributed by atoms with van der Waals surface area (Å²) in [5.74, 6) is -0.332. The van der Waals surface area contributed by atoms with E-state index in [4.69, 9.17) is 9.31 Å². The van der Waals surface area contributed by atoms with Gasteiger partial charge in [0.2, 0.25) is 5.91 Å². The largest absolute Gasteiger partial charge is 0.494 e. The van der Waals surface area contributed by atoms with E-state index in [0.29, 0.717) is 6.54 Å². The van der Waals surface area contributed by atoms with Gasteiger partial charge in [-0.25, -0.2) is 4.79 Å². The number of nitrogens with zero attached hydrogens (tertiary/aromatic N) is 1. The van der Waals surface area contributed by atoms with Gasteiger partial charge in [0.05, 0.1) is 36.2 Å². The van der Waals surface area contributed by atoms with E-state index >= 15 is 0 Å². The van der Waals surface area contributed by atoms with Crippen molar-refractivity contribution in [3.63, 3.8) is 0 Å². The third-order valence-electron chi connectivity index (χ3n) is 7.64. The molecule has 0 aromatic heterocycles. The summed E-state index contributed by atoms with van der Waals surface area (Å²) in [5, 5.41) is 19.4. The average Bonchev–Trinajstić information content (AvgIpc) is 3.54. The van der Waals surface area contributed by atoms with E-state index in [2.05, 4.69) is 20.7 Å². The lowest BCUT2D eigenvalue weighted by molar-refractivity contribution is -0.137. The van der Waals surface area contributed by atoms with Gasteiger partial charge in [-0.2, -0.15) is 0 Å². The number of amides is 2. The van der Waals surface area contributed by atoms with E-state index < -0.39 is 36.6 Å². The summed E-state index contributed by atoms with van der Waals surface area (Å²) in [4.78, 5) is 26.6. The van der Waals surface area contributed by atoms with Gasteiger partial charge in [-0.15, -0.1) is 0 Å². The fourth-order valence-corrected chi connectivity index (χ4v) is 4.76. The summed E-state index contributed by atoms with van der Waals surface area (Å²) in [5.41, 5.74) is 2.07. The highest BCUT2D eigenvalue weighted by Crippen LogP contribution is 2.36. The smallest absolute Gasteiger partial charge is 0.453 e. The molecule has 3 aliphatic rings. The Kier molecular flexibility index (Phi) is 7.27. The SMILES string of the molecule is COC(=O)N[C@H](C(=O)N1CCC[C@H]1C1NC=C(c2ccc(B3OC(C)(C)C(C)(C)O3)cc2)N1)[C@@H](C)O. The summed E-state index contributed by atoms with van der Waals surface area (Å²) in [6.07, 6.45) is 1.53. The van der Waals surface area contributed by atoms with Crippen LogP contribution in [-0.2, 0) is 18.8 Å². The highest BCUT2D eigenvalue weighted by molar-refractivity contribution is 6.62. The van der Waals surface area contributed by atoms with Crippen molar-refractivity contribution in [2.75, 3.05) is 13.7 Å². The van der Waals surface area contributed by atoms with Crippen LogP contribution < -0.4 is 21.4 Å². The lowest BCUT2D eigenvalue weighted by Crippen LogP contribution is -2.58. The molecule has 1 unspecified atom stereocenters. The minimum absolute atomic E-state index is 0.143. The molecule has 2 fully saturated rings. The first-order valence-electron chi connectivity index (χ1n) is 12.5. The zero-order valence-corrected chi connectivity index (χ0v) is 21.8. The number of hydrogen-bond donors (Lipinski definition) is 4. The first-order chi connectivity index (χ1) is 16.9. The van der Waals surface area contributed by atoms with Crippen LogP contribution in [0.15, 0.2) is 30.5 Å². The molecule has 1 aromatic carbocycles. The van der Waals surface area contributed by atoms with E-state index in [0.717, 1.165) is 29.6 Å². The molecular formula is C25H37BN4O6. The number of nitrogens with one attached hydrogen (secondary N) is 3. The van der Waals surface area contributed by atoms with Crippen LogP contribution in [0.25, 0.3) is 5.70 Å². The summed E-state index contributed by atoms with van der Waals surface area (Å²) >= 11 is 0. The van der Waals surface area contributed by atoms with Crippen LogP contribution in [0.1, 0.15) is 53.0 Å². The molecule has 3 aliphatic heterocycles. The predicted molar refractivity (Wildman–Crippen MR) is 136 cm³/mol. The van der Waals surface area contributed by atoms with Gasteiger partial charge in [0.15, 0.2) is 0 Å². The molecule has 3 heterocycles. The number of aliphatic hydroxyl groups is 1. The van der Waals surface area contributed by atoms with Crippen LogP contribution in [0.4, 0.5) is 4.79 Å². The molecule has 196 valence electrons. The summed E-state index contributed by atoms with van der Waals surface area (Å²) < 4.78 is 16.9. The number of carbonyl (C=O) groups excluding carboxylic acids is 2. The second-order valence-electron chi connectivity index (χ2n) is 10.7. The Bertz CT molecular complexity index is 996. The normalized spacial score (nSPS) is 26.0. The van der Waals surface area contributed by atoms with Crippen molar-refractivity contribution >= 4 is 30.3 Å². The molecule has 0 spiro atoms. The zero-order valence-electron chi connectivity index (χ0n) is 21.8. The Hall–Kier alpha value is -2.76. The third kappa shape index (κ3) is 5.05. The van der Waals surface area contributed by atoms with Crippen molar-refractivity contribution < 1.29 is 28.7 Å². The standard InChI is InChI=1S/C25H37BN4O6/c1-15(31)20(29-23(33)34-6)22(32)30-13-7-8-19(30)21-27-14-18(28-21)16-9-11-17(12-10-16)26-35-24(2,3)25(4,5)36-26/h9-12,14-15,19-21,27-28,31H,7-8,13H2,1-6H3,(H,29,33)/t15-,19+,20+,21?/m1/s1. The lowest BCUT2D eigenvalue weighted by Gasteiger charge is -2.33. The maximum absolute atomic E-state index is 13.2. The second-order valence-corrected chi connectivity index (χ2v) is 10.7. The van der Waals surface area contributed by atoms with Gasteiger partial charge in [0.1, 0.15) is 12.2 Å². The zero-order chi connectivity index (χ0) is 26.3. The molecule has 4 atom stereocenters. The fraction of sp³-hybridized carbons (Fsp3) is 0.600. The number of aliphatic hydroxyl groups excluding tert-OH is 1. The molecule has 4 N–H and O–H groups in total. The maximum atomic E-state index is 13.2.